The molecule has 0 unspecified atom stereocenters. The molecule has 2 aromatic carbocycles. The molecule has 3 nitrogen and oxygen atoms in total. The SMILES string of the molecule is Cc1nc(C[S@](=O)c2ccc(Cl)cc2)cc(SCc2ccc(Cl)cc2)n1. The van der Waals surface area contributed by atoms with E-state index in [2.05, 4.69) is 9.97 Å². The van der Waals surface area contributed by atoms with Crippen LogP contribution >= 0.6 is 35.0 Å². The summed E-state index contributed by atoms with van der Waals surface area (Å²) >= 11 is 13.4. The standard InChI is InChI=1S/C19H16Cl2N2OS2/c1-13-22-17(12-26(24)18-8-6-16(21)7-9-18)10-19(23-13)25-11-14-2-4-15(20)5-3-14/h2-10H,11-12H2,1H3/t26-/m0/s1. The van der Waals surface area contributed by atoms with E-state index in [9.17, 15) is 4.21 Å². The summed E-state index contributed by atoms with van der Waals surface area (Å²) in [5, 5.41) is 2.23. The Balaban J connectivity index is 1.69. The Hall–Kier alpha value is -1.40. The van der Waals surface area contributed by atoms with Crippen molar-refractivity contribution in [1.29, 1.82) is 0 Å². The number of aromatic nitrogens is 2. The molecule has 134 valence electrons. The van der Waals surface area contributed by atoms with E-state index in [1.807, 2.05) is 37.3 Å². The Morgan fingerprint density at radius 1 is 0.962 bits per heavy atom. The Morgan fingerprint density at radius 2 is 1.58 bits per heavy atom. The summed E-state index contributed by atoms with van der Waals surface area (Å²) in [5.41, 5.74) is 1.94. The normalized spacial score (nSPS) is 12.1. The molecule has 0 radical (unpaired) electrons. The lowest BCUT2D eigenvalue weighted by Crippen LogP contribution is -2.02. The van der Waals surface area contributed by atoms with Gasteiger partial charge in [0.2, 0.25) is 0 Å². The van der Waals surface area contributed by atoms with Gasteiger partial charge in [-0.15, -0.1) is 11.8 Å². The first-order chi connectivity index (χ1) is 12.5. The number of halogens is 2. The molecule has 0 aliphatic heterocycles. The van der Waals surface area contributed by atoms with E-state index < -0.39 is 10.8 Å². The van der Waals surface area contributed by atoms with Gasteiger partial charge in [0, 0.05) is 20.7 Å². The zero-order valence-electron chi connectivity index (χ0n) is 14.0. The molecule has 1 aromatic heterocycles. The van der Waals surface area contributed by atoms with Crippen molar-refractivity contribution in [2.45, 2.75) is 28.4 Å². The third-order valence-corrected chi connectivity index (χ3v) is 6.37. The molecule has 0 aliphatic rings. The van der Waals surface area contributed by atoms with E-state index in [0.717, 1.165) is 26.4 Å². The molecule has 1 heterocycles. The number of rotatable bonds is 6. The second-order valence-electron chi connectivity index (χ2n) is 5.60. The van der Waals surface area contributed by atoms with Crippen molar-refractivity contribution in [2.24, 2.45) is 0 Å². The first-order valence-corrected chi connectivity index (χ1v) is 10.9. The number of aryl methyl sites for hydroxylation is 1. The zero-order valence-corrected chi connectivity index (χ0v) is 17.1. The maximum atomic E-state index is 12.5. The fourth-order valence-corrected chi connectivity index (χ4v) is 4.49. The number of hydrogen-bond acceptors (Lipinski definition) is 4. The lowest BCUT2D eigenvalue weighted by molar-refractivity contribution is 0.681. The maximum absolute atomic E-state index is 12.5. The predicted octanol–water partition coefficient (Wildman–Crippen LogP) is 5.69. The van der Waals surface area contributed by atoms with Crippen LogP contribution < -0.4 is 0 Å². The molecule has 0 saturated carbocycles. The highest BCUT2D eigenvalue weighted by Gasteiger charge is 2.09. The van der Waals surface area contributed by atoms with Gasteiger partial charge in [0.15, 0.2) is 0 Å². The topological polar surface area (TPSA) is 42.9 Å². The van der Waals surface area contributed by atoms with Crippen LogP contribution in [-0.4, -0.2) is 14.2 Å². The van der Waals surface area contributed by atoms with Crippen LogP contribution in [0.25, 0.3) is 0 Å². The average molecular weight is 423 g/mol. The maximum Gasteiger partial charge on any atom is 0.126 e. The van der Waals surface area contributed by atoms with E-state index in [4.69, 9.17) is 23.2 Å². The van der Waals surface area contributed by atoms with Crippen molar-refractivity contribution >= 4 is 45.8 Å². The van der Waals surface area contributed by atoms with Gasteiger partial charge < -0.3 is 0 Å². The van der Waals surface area contributed by atoms with E-state index in [0.29, 0.717) is 16.6 Å². The van der Waals surface area contributed by atoms with E-state index in [1.54, 1.807) is 36.0 Å². The van der Waals surface area contributed by atoms with Gasteiger partial charge in [-0.2, -0.15) is 0 Å². The van der Waals surface area contributed by atoms with Gasteiger partial charge in [0.05, 0.1) is 22.2 Å². The Kier molecular flexibility index (Phi) is 6.70. The highest BCUT2D eigenvalue weighted by Crippen LogP contribution is 2.23. The van der Waals surface area contributed by atoms with Crippen molar-refractivity contribution in [3.63, 3.8) is 0 Å². The summed E-state index contributed by atoms with van der Waals surface area (Å²) in [6.07, 6.45) is 0. The fourth-order valence-electron chi connectivity index (χ4n) is 2.29. The molecular formula is C19H16Cl2N2OS2. The second-order valence-corrected chi connectivity index (χ2v) is 8.92. The third-order valence-electron chi connectivity index (χ3n) is 3.52. The molecule has 0 saturated heterocycles. The number of benzene rings is 2. The summed E-state index contributed by atoms with van der Waals surface area (Å²) in [7, 11) is -1.17. The highest BCUT2D eigenvalue weighted by molar-refractivity contribution is 7.98. The molecule has 3 rings (SSSR count). The van der Waals surface area contributed by atoms with Crippen LogP contribution in [0.15, 0.2) is 64.5 Å². The Bertz CT molecular complexity index is 916. The molecule has 0 N–H and O–H groups in total. The summed E-state index contributed by atoms with van der Waals surface area (Å²) < 4.78 is 12.5. The van der Waals surface area contributed by atoms with Crippen molar-refractivity contribution in [3.05, 3.63) is 81.7 Å². The van der Waals surface area contributed by atoms with Crippen LogP contribution in [0.1, 0.15) is 17.1 Å². The van der Waals surface area contributed by atoms with E-state index in [1.165, 1.54) is 5.56 Å². The van der Waals surface area contributed by atoms with E-state index in [-0.39, 0.29) is 0 Å². The van der Waals surface area contributed by atoms with Crippen LogP contribution in [-0.2, 0) is 22.3 Å². The van der Waals surface area contributed by atoms with Gasteiger partial charge >= 0.3 is 0 Å². The summed E-state index contributed by atoms with van der Waals surface area (Å²) in [5.74, 6) is 1.81. The summed E-state index contributed by atoms with van der Waals surface area (Å²) in [4.78, 5) is 9.63. The molecule has 1 atom stereocenters. The molecule has 0 spiro atoms. The van der Waals surface area contributed by atoms with Gasteiger partial charge in [0.1, 0.15) is 10.9 Å². The third kappa shape index (κ3) is 5.55. The molecule has 7 heteroatoms. The Labute approximate surface area is 169 Å². The molecule has 26 heavy (non-hydrogen) atoms. The van der Waals surface area contributed by atoms with Crippen LogP contribution in [0.4, 0.5) is 0 Å². The molecule has 3 aromatic rings. The van der Waals surface area contributed by atoms with Crippen molar-refractivity contribution in [2.75, 3.05) is 0 Å². The van der Waals surface area contributed by atoms with Crippen LogP contribution in [0.2, 0.25) is 10.0 Å². The van der Waals surface area contributed by atoms with Gasteiger partial charge in [-0.3, -0.25) is 4.21 Å². The minimum Gasteiger partial charge on any atom is -0.254 e. The smallest absolute Gasteiger partial charge is 0.126 e. The minimum absolute atomic E-state index is 0.347. The lowest BCUT2D eigenvalue weighted by atomic mass is 10.2. The molecule has 0 bridgehead atoms. The monoisotopic (exact) mass is 422 g/mol. The first kappa shape index (κ1) is 19.4. The number of hydrogen-bond donors (Lipinski definition) is 0. The summed E-state index contributed by atoms with van der Waals surface area (Å²) in [6, 6.07) is 16.7. The van der Waals surface area contributed by atoms with Gasteiger partial charge in [-0.25, -0.2) is 9.97 Å². The van der Waals surface area contributed by atoms with Crippen LogP contribution in [0.5, 0.6) is 0 Å². The van der Waals surface area contributed by atoms with Crippen molar-refractivity contribution in [1.82, 2.24) is 9.97 Å². The molecule has 0 amide bonds. The summed E-state index contributed by atoms with van der Waals surface area (Å²) in [6.45, 7) is 1.85. The number of nitrogens with zero attached hydrogens (tertiary/aromatic N) is 2. The number of thioether (sulfide) groups is 1. The molecule has 0 aliphatic carbocycles. The largest absolute Gasteiger partial charge is 0.254 e. The average Bonchev–Trinajstić information content (AvgIpc) is 2.61. The quantitative estimate of drug-likeness (QED) is 0.377. The molecule has 0 fully saturated rings. The van der Waals surface area contributed by atoms with Gasteiger partial charge in [-0.1, -0.05) is 35.3 Å². The Morgan fingerprint density at radius 3 is 2.23 bits per heavy atom. The zero-order chi connectivity index (χ0) is 18.5. The fraction of sp³-hybridized carbons (Fsp3) is 0.158. The molecular weight excluding hydrogens is 407 g/mol. The van der Waals surface area contributed by atoms with Gasteiger partial charge in [0.25, 0.3) is 0 Å². The minimum atomic E-state index is -1.17. The van der Waals surface area contributed by atoms with Crippen LogP contribution in [0.3, 0.4) is 0 Å². The lowest BCUT2D eigenvalue weighted by Gasteiger charge is -2.07. The highest BCUT2D eigenvalue weighted by atomic mass is 35.5. The van der Waals surface area contributed by atoms with Gasteiger partial charge in [-0.05, 0) is 55.0 Å². The van der Waals surface area contributed by atoms with E-state index >= 15 is 0 Å². The first-order valence-electron chi connectivity index (χ1n) is 7.85. The second kappa shape index (κ2) is 9.00. The van der Waals surface area contributed by atoms with Crippen molar-refractivity contribution in [3.8, 4) is 0 Å². The van der Waals surface area contributed by atoms with Crippen molar-refractivity contribution < 1.29 is 4.21 Å². The predicted molar refractivity (Wildman–Crippen MR) is 109 cm³/mol. The van der Waals surface area contributed by atoms with Crippen LogP contribution in [0, 0.1) is 6.92 Å².